The maximum atomic E-state index is 11.9. The maximum absolute atomic E-state index is 11.9. The van der Waals surface area contributed by atoms with Crippen molar-refractivity contribution in [3.8, 4) is 0 Å². The molecule has 0 atom stereocenters. The molecule has 6 heteroatoms. The molecule has 82 valence electrons. The van der Waals surface area contributed by atoms with Crippen LogP contribution in [0.1, 0.15) is 12.8 Å². The Labute approximate surface area is 105 Å². The fraction of sp³-hybridized carbons (Fsp3) is 0.333. The molecule has 3 amide bonds. The highest BCUT2D eigenvalue weighted by atomic mass is 79.9. The van der Waals surface area contributed by atoms with Crippen molar-refractivity contribution in [3.05, 3.63) is 25.3 Å². The number of rotatable bonds is 4. The van der Waals surface area contributed by atoms with Gasteiger partial charge in [-0.05, 0) is 12.8 Å². The lowest BCUT2D eigenvalue weighted by Gasteiger charge is -2.28. The molecule has 0 aromatic heterocycles. The average Bonchev–Trinajstić information content (AvgIpc) is 2.36. The van der Waals surface area contributed by atoms with E-state index >= 15 is 0 Å². The van der Waals surface area contributed by atoms with Crippen molar-refractivity contribution >= 4 is 44.2 Å². The van der Waals surface area contributed by atoms with Crippen LogP contribution in [-0.2, 0) is 4.79 Å². The van der Waals surface area contributed by atoms with Crippen LogP contribution in [0.2, 0.25) is 0 Å². The lowest BCUT2D eigenvalue weighted by Crippen LogP contribution is -2.44. The van der Waals surface area contributed by atoms with Gasteiger partial charge in [-0.15, -0.1) is 13.2 Å². The second-order valence-corrected chi connectivity index (χ2v) is 4.59. The fourth-order valence-electron chi connectivity index (χ4n) is 1.51. The van der Waals surface area contributed by atoms with Crippen LogP contribution in [0.4, 0.5) is 4.79 Å². The van der Waals surface area contributed by atoms with E-state index in [-0.39, 0.29) is 5.91 Å². The number of urea groups is 1. The fourth-order valence-corrected chi connectivity index (χ4v) is 2.81. The van der Waals surface area contributed by atoms with Crippen LogP contribution >= 0.6 is 32.3 Å². The molecule has 1 heterocycles. The Morgan fingerprint density at radius 3 is 1.93 bits per heavy atom. The molecule has 0 spiro atoms. The van der Waals surface area contributed by atoms with Crippen LogP contribution in [0.15, 0.2) is 25.3 Å². The zero-order valence-corrected chi connectivity index (χ0v) is 11.1. The molecule has 15 heavy (non-hydrogen) atoms. The van der Waals surface area contributed by atoms with Crippen molar-refractivity contribution in [3.63, 3.8) is 0 Å². The Kier molecular flexibility index (Phi) is 3.72. The van der Waals surface area contributed by atoms with Gasteiger partial charge in [0.2, 0.25) is 0 Å². The van der Waals surface area contributed by atoms with E-state index in [0.29, 0.717) is 12.8 Å². The minimum Gasteiger partial charge on any atom is -0.271 e. The van der Waals surface area contributed by atoms with Crippen molar-refractivity contribution in [1.29, 1.82) is 0 Å². The number of hydrogen-bond acceptors (Lipinski definition) is 2. The van der Waals surface area contributed by atoms with Gasteiger partial charge in [0.1, 0.15) is 5.54 Å². The van der Waals surface area contributed by atoms with Crippen molar-refractivity contribution in [2.75, 3.05) is 0 Å². The number of imide groups is 1. The quantitative estimate of drug-likeness (QED) is 0.449. The van der Waals surface area contributed by atoms with Gasteiger partial charge in [-0.2, -0.15) is 3.93 Å². The topological polar surface area (TPSA) is 40.6 Å². The van der Waals surface area contributed by atoms with Crippen LogP contribution in [-0.4, -0.2) is 25.3 Å². The van der Waals surface area contributed by atoms with E-state index in [0.717, 1.165) is 3.93 Å². The molecule has 0 saturated carbocycles. The van der Waals surface area contributed by atoms with Crippen LogP contribution in [0.3, 0.4) is 0 Å². The van der Waals surface area contributed by atoms with Gasteiger partial charge in [-0.25, -0.2) is 8.72 Å². The van der Waals surface area contributed by atoms with E-state index in [2.05, 4.69) is 45.5 Å². The smallest absolute Gasteiger partial charge is 0.271 e. The van der Waals surface area contributed by atoms with Crippen molar-refractivity contribution in [2.45, 2.75) is 18.4 Å². The zero-order valence-electron chi connectivity index (χ0n) is 7.95. The first-order chi connectivity index (χ1) is 7.01. The molecular weight excluding hydrogens is 328 g/mol. The van der Waals surface area contributed by atoms with Gasteiger partial charge < -0.3 is 0 Å². The number of nitrogens with zero attached hydrogens (tertiary/aromatic N) is 2. The summed E-state index contributed by atoms with van der Waals surface area (Å²) in [5.74, 6) is -0.316. The Balaban J connectivity index is 3.16. The number of amides is 3. The molecule has 1 saturated heterocycles. The van der Waals surface area contributed by atoms with E-state index in [4.69, 9.17) is 0 Å². The Morgan fingerprint density at radius 2 is 1.67 bits per heavy atom. The SMILES string of the molecule is C=CCC1(CC=C)C(=O)N(Br)C(=O)N1Br. The first-order valence-corrected chi connectivity index (χ1v) is 5.65. The molecule has 1 rings (SSSR count). The summed E-state index contributed by atoms with van der Waals surface area (Å²) in [6, 6.07) is -0.441. The summed E-state index contributed by atoms with van der Waals surface area (Å²) in [7, 11) is 0. The number of hydrogen-bond donors (Lipinski definition) is 0. The van der Waals surface area contributed by atoms with Gasteiger partial charge in [0, 0.05) is 0 Å². The van der Waals surface area contributed by atoms with Crippen LogP contribution in [0.25, 0.3) is 0 Å². The Morgan fingerprint density at radius 1 is 1.20 bits per heavy atom. The molecule has 1 aliphatic heterocycles. The summed E-state index contributed by atoms with van der Waals surface area (Å²) in [4.78, 5) is 23.5. The third-order valence-electron chi connectivity index (χ3n) is 2.25. The second-order valence-electron chi connectivity index (χ2n) is 3.17. The summed E-state index contributed by atoms with van der Waals surface area (Å²) in [6.45, 7) is 7.18. The highest BCUT2D eigenvalue weighted by Gasteiger charge is 2.55. The predicted octanol–water partition coefficient (Wildman–Crippen LogP) is 2.76. The number of halogens is 2. The molecule has 1 aliphatic rings. The van der Waals surface area contributed by atoms with Gasteiger partial charge in [0.25, 0.3) is 5.91 Å². The van der Waals surface area contributed by atoms with Gasteiger partial charge in [0.15, 0.2) is 0 Å². The highest BCUT2D eigenvalue weighted by molar-refractivity contribution is 9.08. The van der Waals surface area contributed by atoms with E-state index in [1.54, 1.807) is 12.2 Å². The second kappa shape index (κ2) is 4.49. The molecule has 0 unspecified atom stereocenters. The molecule has 0 N–H and O–H groups in total. The first kappa shape index (κ1) is 12.4. The van der Waals surface area contributed by atoms with Gasteiger partial charge in [-0.3, -0.25) is 4.79 Å². The summed E-state index contributed by atoms with van der Waals surface area (Å²) in [5.41, 5.74) is -0.940. The summed E-state index contributed by atoms with van der Waals surface area (Å²) in [6.07, 6.45) is 3.96. The van der Waals surface area contributed by atoms with E-state index in [1.807, 2.05) is 0 Å². The van der Waals surface area contributed by atoms with Crippen LogP contribution in [0.5, 0.6) is 0 Å². The van der Waals surface area contributed by atoms with E-state index in [1.165, 1.54) is 3.93 Å². The molecule has 4 nitrogen and oxygen atoms in total. The Bertz CT molecular complexity index is 320. The lowest BCUT2D eigenvalue weighted by molar-refractivity contribution is -0.128. The summed E-state index contributed by atoms with van der Waals surface area (Å²) >= 11 is 6.02. The maximum Gasteiger partial charge on any atom is 0.348 e. The Hall–Kier alpha value is -0.620. The van der Waals surface area contributed by atoms with Gasteiger partial charge in [-0.1, -0.05) is 12.2 Å². The molecule has 1 fully saturated rings. The van der Waals surface area contributed by atoms with Crippen molar-refractivity contribution in [2.24, 2.45) is 0 Å². The molecule has 0 aromatic carbocycles. The minimum absolute atomic E-state index is 0.316. The number of carbonyl (C=O) groups excluding carboxylic acids is 2. The molecule has 0 aliphatic carbocycles. The molecule has 0 radical (unpaired) electrons. The predicted molar refractivity (Wildman–Crippen MR) is 64.3 cm³/mol. The standard InChI is InChI=1S/C9H10Br2N2O2/c1-3-5-9(6-4-2)7(14)12(10)8(15)13(9)11/h3-4H,1-2,5-6H2. The van der Waals surface area contributed by atoms with E-state index < -0.39 is 11.6 Å². The molecular formula is C9H10Br2N2O2. The normalized spacial score (nSPS) is 19.6. The average molecular weight is 338 g/mol. The summed E-state index contributed by atoms with van der Waals surface area (Å²) < 4.78 is 2.15. The molecule has 0 aromatic rings. The highest BCUT2D eigenvalue weighted by Crippen LogP contribution is 2.38. The molecule has 0 bridgehead atoms. The number of carbonyl (C=O) groups is 2. The van der Waals surface area contributed by atoms with E-state index in [9.17, 15) is 9.59 Å². The van der Waals surface area contributed by atoms with Crippen molar-refractivity contribution in [1.82, 2.24) is 7.85 Å². The van der Waals surface area contributed by atoms with Crippen molar-refractivity contribution < 1.29 is 9.59 Å². The zero-order chi connectivity index (χ0) is 11.6. The van der Waals surface area contributed by atoms with Crippen LogP contribution < -0.4 is 0 Å². The monoisotopic (exact) mass is 336 g/mol. The third-order valence-corrected chi connectivity index (χ3v) is 3.86. The largest absolute Gasteiger partial charge is 0.348 e. The minimum atomic E-state index is -0.940. The van der Waals surface area contributed by atoms with Gasteiger partial charge in [0.05, 0.1) is 32.3 Å². The third kappa shape index (κ3) is 1.76. The van der Waals surface area contributed by atoms with Gasteiger partial charge >= 0.3 is 6.03 Å². The van der Waals surface area contributed by atoms with Crippen LogP contribution in [0, 0.1) is 0 Å². The lowest BCUT2D eigenvalue weighted by atomic mass is 9.91. The first-order valence-electron chi connectivity index (χ1n) is 4.23. The summed E-state index contributed by atoms with van der Waals surface area (Å²) in [5, 5.41) is 0.